The number of hydrogen-bond acceptors (Lipinski definition) is 2. The van der Waals surface area contributed by atoms with Gasteiger partial charge in [0.25, 0.3) is 0 Å². The molecule has 3 aromatic rings. The second-order valence-corrected chi connectivity index (χ2v) is 6.52. The molecule has 0 unspecified atom stereocenters. The third-order valence-corrected chi connectivity index (χ3v) is 4.93. The number of urea groups is 1. The fourth-order valence-corrected chi connectivity index (χ4v) is 3.54. The van der Waals surface area contributed by atoms with Crippen molar-refractivity contribution in [3.8, 4) is 5.75 Å². The SMILES string of the molecule is COc1ccc([C@@H]2c3cccn3CCN2C(=O)Nc2c(F)cccc2F)cc1. The smallest absolute Gasteiger partial charge is 0.322 e. The zero-order valence-electron chi connectivity index (χ0n) is 15.2. The summed E-state index contributed by atoms with van der Waals surface area (Å²) in [6.45, 7) is 1.00. The van der Waals surface area contributed by atoms with Gasteiger partial charge in [0.1, 0.15) is 23.1 Å². The quantitative estimate of drug-likeness (QED) is 0.728. The van der Waals surface area contributed by atoms with Crippen LogP contribution in [0.1, 0.15) is 17.3 Å². The molecular formula is C21H19F2N3O2. The minimum absolute atomic E-state index is 0.385. The molecule has 1 aliphatic rings. The van der Waals surface area contributed by atoms with Crippen LogP contribution in [-0.2, 0) is 6.54 Å². The first-order valence-corrected chi connectivity index (χ1v) is 8.89. The number of nitrogens with one attached hydrogen (secondary N) is 1. The summed E-state index contributed by atoms with van der Waals surface area (Å²) in [4.78, 5) is 14.5. The van der Waals surface area contributed by atoms with E-state index in [0.717, 1.165) is 23.4 Å². The third-order valence-electron chi connectivity index (χ3n) is 4.93. The van der Waals surface area contributed by atoms with Gasteiger partial charge in [-0.3, -0.25) is 0 Å². The van der Waals surface area contributed by atoms with Crippen LogP contribution >= 0.6 is 0 Å². The zero-order chi connectivity index (χ0) is 19.7. The Morgan fingerprint density at radius 1 is 1.04 bits per heavy atom. The van der Waals surface area contributed by atoms with Crippen LogP contribution in [0.25, 0.3) is 0 Å². The predicted molar refractivity (Wildman–Crippen MR) is 101 cm³/mol. The summed E-state index contributed by atoms with van der Waals surface area (Å²) in [5.41, 5.74) is 1.37. The number of rotatable bonds is 3. The second kappa shape index (κ2) is 7.34. The first kappa shape index (κ1) is 18.0. The van der Waals surface area contributed by atoms with Gasteiger partial charge in [0.2, 0.25) is 0 Å². The lowest BCUT2D eigenvalue weighted by atomic mass is 10.00. The maximum atomic E-state index is 14.0. The minimum Gasteiger partial charge on any atom is -0.497 e. The predicted octanol–water partition coefficient (Wildman–Crippen LogP) is 4.41. The second-order valence-electron chi connectivity index (χ2n) is 6.52. The number of fused-ring (bicyclic) bond motifs is 1. The van der Waals surface area contributed by atoms with Crippen LogP contribution in [0.2, 0.25) is 0 Å². The van der Waals surface area contributed by atoms with E-state index in [1.165, 1.54) is 6.07 Å². The molecule has 2 heterocycles. The molecule has 5 nitrogen and oxygen atoms in total. The molecule has 7 heteroatoms. The van der Waals surface area contributed by atoms with Gasteiger partial charge in [-0.1, -0.05) is 18.2 Å². The standard InChI is InChI=1S/C21H19F2N3O2/c1-28-15-9-7-14(8-10-15)20-18-6-3-11-25(18)12-13-26(20)21(27)24-19-16(22)4-2-5-17(19)23/h2-11,20H,12-13H2,1H3,(H,24,27)/t20-/m1/s1. The van der Waals surface area contributed by atoms with E-state index in [-0.39, 0.29) is 6.04 Å². The number of methoxy groups -OCH3 is 1. The summed E-state index contributed by atoms with van der Waals surface area (Å²) in [5, 5.41) is 2.40. The number of carbonyl (C=O) groups excluding carboxylic acids is 1. The van der Waals surface area contributed by atoms with Gasteiger partial charge in [-0.2, -0.15) is 0 Å². The van der Waals surface area contributed by atoms with E-state index < -0.39 is 23.4 Å². The van der Waals surface area contributed by atoms with E-state index in [1.54, 1.807) is 12.0 Å². The van der Waals surface area contributed by atoms with E-state index in [0.29, 0.717) is 18.8 Å². The van der Waals surface area contributed by atoms with Crippen LogP contribution in [0.15, 0.2) is 60.8 Å². The molecular weight excluding hydrogens is 364 g/mol. The van der Waals surface area contributed by atoms with Crippen molar-refractivity contribution in [3.05, 3.63) is 83.7 Å². The number of para-hydroxylation sites is 1. The van der Waals surface area contributed by atoms with Crippen LogP contribution < -0.4 is 10.1 Å². The highest BCUT2D eigenvalue weighted by atomic mass is 19.1. The topological polar surface area (TPSA) is 46.5 Å². The van der Waals surface area contributed by atoms with Crippen molar-refractivity contribution >= 4 is 11.7 Å². The Balaban J connectivity index is 1.69. The summed E-state index contributed by atoms with van der Waals surface area (Å²) in [6, 6.07) is 13.8. The molecule has 4 rings (SSSR count). The van der Waals surface area contributed by atoms with E-state index >= 15 is 0 Å². The number of ether oxygens (including phenoxy) is 1. The number of carbonyl (C=O) groups is 1. The molecule has 144 valence electrons. The highest BCUT2D eigenvalue weighted by Crippen LogP contribution is 2.34. The zero-order valence-corrected chi connectivity index (χ0v) is 15.2. The summed E-state index contributed by atoms with van der Waals surface area (Å²) in [7, 11) is 1.59. The normalized spacial score (nSPS) is 15.8. The van der Waals surface area contributed by atoms with Gasteiger partial charge in [-0.15, -0.1) is 0 Å². The van der Waals surface area contributed by atoms with Crippen molar-refractivity contribution in [2.45, 2.75) is 12.6 Å². The van der Waals surface area contributed by atoms with Gasteiger partial charge in [-0.25, -0.2) is 13.6 Å². The monoisotopic (exact) mass is 383 g/mol. The molecule has 0 spiro atoms. The fraction of sp³-hybridized carbons (Fsp3) is 0.190. The van der Waals surface area contributed by atoms with Crippen LogP contribution in [0.3, 0.4) is 0 Å². The van der Waals surface area contributed by atoms with Crippen LogP contribution in [0.5, 0.6) is 5.75 Å². The number of hydrogen-bond donors (Lipinski definition) is 1. The minimum atomic E-state index is -0.810. The van der Waals surface area contributed by atoms with Crippen molar-refractivity contribution in [1.82, 2.24) is 9.47 Å². The Bertz CT molecular complexity index is 981. The van der Waals surface area contributed by atoms with Gasteiger partial charge in [0.15, 0.2) is 0 Å². The van der Waals surface area contributed by atoms with Crippen molar-refractivity contribution in [2.24, 2.45) is 0 Å². The molecule has 0 aliphatic carbocycles. The summed E-state index contributed by atoms with van der Waals surface area (Å²) in [5.74, 6) is -0.913. The van der Waals surface area contributed by atoms with Gasteiger partial charge < -0.3 is 19.5 Å². The number of halogens is 2. The van der Waals surface area contributed by atoms with Gasteiger partial charge in [-0.05, 0) is 42.0 Å². The Morgan fingerprint density at radius 2 is 1.75 bits per heavy atom. The van der Waals surface area contributed by atoms with Crippen LogP contribution in [0.4, 0.5) is 19.3 Å². The van der Waals surface area contributed by atoms with Crippen LogP contribution in [-0.4, -0.2) is 29.2 Å². The molecule has 1 atom stereocenters. The maximum Gasteiger partial charge on any atom is 0.322 e. The van der Waals surface area contributed by atoms with Gasteiger partial charge >= 0.3 is 6.03 Å². The summed E-state index contributed by atoms with van der Waals surface area (Å²) >= 11 is 0. The highest BCUT2D eigenvalue weighted by molar-refractivity contribution is 5.90. The third kappa shape index (κ3) is 3.19. The summed E-state index contributed by atoms with van der Waals surface area (Å²) in [6.07, 6.45) is 1.96. The Morgan fingerprint density at radius 3 is 2.43 bits per heavy atom. The largest absolute Gasteiger partial charge is 0.497 e. The van der Waals surface area contributed by atoms with Gasteiger partial charge in [0, 0.05) is 25.0 Å². The van der Waals surface area contributed by atoms with E-state index in [1.807, 2.05) is 42.6 Å². The fourth-order valence-electron chi connectivity index (χ4n) is 3.54. The van der Waals surface area contributed by atoms with E-state index in [4.69, 9.17) is 4.74 Å². The van der Waals surface area contributed by atoms with Crippen LogP contribution in [0, 0.1) is 11.6 Å². The molecule has 28 heavy (non-hydrogen) atoms. The number of aromatic nitrogens is 1. The molecule has 2 aromatic carbocycles. The average molecular weight is 383 g/mol. The number of benzene rings is 2. The van der Waals surface area contributed by atoms with E-state index in [9.17, 15) is 13.6 Å². The molecule has 1 aromatic heterocycles. The molecule has 0 radical (unpaired) electrons. The summed E-state index contributed by atoms with van der Waals surface area (Å²) < 4.78 is 35.2. The molecule has 1 N–H and O–H groups in total. The molecule has 0 bridgehead atoms. The van der Waals surface area contributed by atoms with Crippen molar-refractivity contribution in [1.29, 1.82) is 0 Å². The lowest BCUT2D eigenvalue weighted by molar-refractivity contribution is 0.181. The molecule has 2 amide bonds. The Hall–Kier alpha value is -3.35. The molecule has 0 saturated carbocycles. The molecule has 0 saturated heterocycles. The lowest BCUT2D eigenvalue weighted by Crippen LogP contribution is -2.44. The first-order valence-electron chi connectivity index (χ1n) is 8.89. The van der Waals surface area contributed by atoms with Crippen molar-refractivity contribution in [3.63, 3.8) is 0 Å². The van der Waals surface area contributed by atoms with E-state index in [2.05, 4.69) is 9.88 Å². The molecule has 0 fully saturated rings. The number of amides is 2. The van der Waals surface area contributed by atoms with Gasteiger partial charge in [0.05, 0.1) is 13.2 Å². The van der Waals surface area contributed by atoms with Crippen molar-refractivity contribution < 1.29 is 18.3 Å². The van der Waals surface area contributed by atoms with Crippen molar-refractivity contribution in [2.75, 3.05) is 19.0 Å². The molecule has 1 aliphatic heterocycles. The number of anilines is 1. The lowest BCUT2D eigenvalue weighted by Gasteiger charge is -2.37. The maximum absolute atomic E-state index is 14.0. The number of nitrogens with zero attached hydrogens (tertiary/aromatic N) is 2. The average Bonchev–Trinajstić information content (AvgIpc) is 3.19. The highest BCUT2D eigenvalue weighted by Gasteiger charge is 2.32. The Kier molecular flexibility index (Phi) is 4.73. The Labute approximate surface area is 161 Å². The first-order chi connectivity index (χ1) is 13.6.